The molecule has 3 rings (SSSR count). The molecule has 0 saturated heterocycles. The van der Waals surface area contributed by atoms with Crippen molar-refractivity contribution >= 4 is 11.9 Å². The number of anilines is 1. The molecule has 1 unspecified atom stereocenters. The Bertz CT molecular complexity index is 948. The summed E-state index contributed by atoms with van der Waals surface area (Å²) < 4.78 is 41.0. The number of nitrogens with zero attached hydrogens (tertiary/aromatic N) is 5. The number of hydrogen-bond donors (Lipinski definition) is 1. The minimum Gasteiger partial charge on any atom is -0.293 e. The number of alkyl halides is 3. The Morgan fingerprint density at radius 3 is 2.57 bits per heavy atom. The second-order valence-corrected chi connectivity index (χ2v) is 6.49. The van der Waals surface area contributed by atoms with Crippen LogP contribution in [0.3, 0.4) is 0 Å². The maximum atomic E-state index is 12.7. The van der Waals surface area contributed by atoms with Gasteiger partial charge in [-0.25, -0.2) is 9.67 Å². The fourth-order valence-electron chi connectivity index (χ4n) is 2.61. The number of hydrogen-bond acceptors (Lipinski definition) is 4. The molecule has 1 N–H and O–H groups in total. The maximum absolute atomic E-state index is 12.7. The van der Waals surface area contributed by atoms with Gasteiger partial charge in [0.25, 0.3) is 0 Å². The molecule has 0 spiro atoms. The van der Waals surface area contributed by atoms with Crippen LogP contribution in [0.1, 0.15) is 23.9 Å². The molecule has 28 heavy (non-hydrogen) atoms. The van der Waals surface area contributed by atoms with E-state index in [1.165, 1.54) is 17.9 Å². The summed E-state index contributed by atoms with van der Waals surface area (Å²) in [5, 5.41) is 10.3. The Balaban J connectivity index is 1.60. The summed E-state index contributed by atoms with van der Waals surface area (Å²) in [6.45, 7) is 3.63. The van der Waals surface area contributed by atoms with Gasteiger partial charge in [-0.3, -0.25) is 14.8 Å². The highest BCUT2D eigenvalue weighted by Crippen LogP contribution is 2.28. The van der Waals surface area contributed by atoms with Crippen molar-refractivity contribution in [2.75, 3.05) is 5.32 Å². The van der Waals surface area contributed by atoms with Crippen molar-refractivity contribution in [3.05, 3.63) is 59.7 Å². The Hall–Kier alpha value is -3.17. The summed E-state index contributed by atoms with van der Waals surface area (Å²) in [6.07, 6.45) is -3.02. The average molecular weight is 392 g/mol. The van der Waals surface area contributed by atoms with Gasteiger partial charge in [0.1, 0.15) is 6.33 Å². The van der Waals surface area contributed by atoms with E-state index >= 15 is 0 Å². The minimum atomic E-state index is -4.52. The summed E-state index contributed by atoms with van der Waals surface area (Å²) in [5.41, 5.74) is 0.393. The van der Waals surface area contributed by atoms with Crippen molar-refractivity contribution in [1.29, 1.82) is 0 Å². The SMILES string of the molecule is Cc1cc(C(F)(F)F)nn1CC(C)C(=O)Nc1ncn(Cc2ccccc2)n1. The van der Waals surface area contributed by atoms with Crippen LogP contribution in [0.5, 0.6) is 0 Å². The van der Waals surface area contributed by atoms with Crippen LogP contribution < -0.4 is 5.32 Å². The van der Waals surface area contributed by atoms with E-state index in [2.05, 4.69) is 20.5 Å². The third-order valence-corrected chi connectivity index (χ3v) is 4.12. The van der Waals surface area contributed by atoms with Crippen LogP contribution in [0.4, 0.5) is 19.1 Å². The van der Waals surface area contributed by atoms with E-state index in [4.69, 9.17) is 0 Å². The molecular formula is C18H19F3N6O. The van der Waals surface area contributed by atoms with E-state index in [0.29, 0.717) is 12.2 Å². The molecule has 1 aromatic carbocycles. The first-order valence-corrected chi connectivity index (χ1v) is 8.58. The molecule has 10 heteroatoms. The molecule has 0 aliphatic carbocycles. The van der Waals surface area contributed by atoms with E-state index in [9.17, 15) is 18.0 Å². The van der Waals surface area contributed by atoms with Crippen LogP contribution in [0, 0.1) is 12.8 Å². The zero-order valence-corrected chi connectivity index (χ0v) is 15.3. The van der Waals surface area contributed by atoms with Gasteiger partial charge in [0.15, 0.2) is 5.69 Å². The zero-order valence-electron chi connectivity index (χ0n) is 15.3. The maximum Gasteiger partial charge on any atom is 0.435 e. The standard InChI is InChI=1S/C18H19F3N6O/c1-12(9-27-13(2)8-15(24-27)18(19,20)21)16(28)23-17-22-11-26(25-17)10-14-6-4-3-5-7-14/h3-8,11-12H,9-10H2,1-2H3,(H,23,25,28). The first kappa shape index (κ1) is 19.6. The summed E-state index contributed by atoms with van der Waals surface area (Å²) in [7, 11) is 0. The number of benzene rings is 1. The fourth-order valence-corrected chi connectivity index (χ4v) is 2.61. The third-order valence-electron chi connectivity index (χ3n) is 4.12. The van der Waals surface area contributed by atoms with Gasteiger partial charge < -0.3 is 0 Å². The van der Waals surface area contributed by atoms with Crippen LogP contribution in [-0.4, -0.2) is 30.5 Å². The first-order chi connectivity index (χ1) is 13.2. The van der Waals surface area contributed by atoms with Crippen molar-refractivity contribution < 1.29 is 18.0 Å². The third kappa shape index (κ3) is 4.76. The molecule has 0 saturated carbocycles. The zero-order chi connectivity index (χ0) is 20.3. The Kier molecular flexibility index (Phi) is 5.48. The predicted octanol–water partition coefficient (Wildman–Crippen LogP) is 3.12. The van der Waals surface area contributed by atoms with E-state index in [0.717, 1.165) is 11.6 Å². The summed E-state index contributed by atoms with van der Waals surface area (Å²) in [5.74, 6) is -0.886. The average Bonchev–Trinajstić information content (AvgIpc) is 3.22. The summed E-state index contributed by atoms with van der Waals surface area (Å²) >= 11 is 0. The summed E-state index contributed by atoms with van der Waals surface area (Å²) in [6, 6.07) is 10.6. The van der Waals surface area contributed by atoms with Crippen molar-refractivity contribution in [1.82, 2.24) is 24.5 Å². The van der Waals surface area contributed by atoms with E-state index in [1.807, 2.05) is 30.3 Å². The molecule has 148 valence electrons. The number of halogens is 3. The van der Waals surface area contributed by atoms with Crippen molar-refractivity contribution in [3.63, 3.8) is 0 Å². The minimum absolute atomic E-state index is 0.0124. The quantitative estimate of drug-likeness (QED) is 0.699. The van der Waals surface area contributed by atoms with Gasteiger partial charge in [0.2, 0.25) is 11.9 Å². The predicted molar refractivity (Wildman–Crippen MR) is 95.3 cm³/mol. The van der Waals surface area contributed by atoms with Crippen LogP contribution >= 0.6 is 0 Å². The molecule has 7 nitrogen and oxygen atoms in total. The number of aromatic nitrogens is 5. The highest BCUT2D eigenvalue weighted by atomic mass is 19.4. The number of carbonyl (C=O) groups excluding carboxylic acids is 1. The van der Waals surface area contributed by atoms with Crippen molar-refractivity contribution in [2.45, 2.75) is 33.1 Å². The monoisotopic (exact) mass is 392 g/mol. The molecule has 0 bridgehead atoms. The van der Waals surface area contributed by atoms with Crippen LogP contribution in [0.15, 0.2) is 42.7 Å². The Labute approximate surface area is 159 Å². The Morgan fingerprint density at radius 2 is 1.93 bits per heavy atom. The highest BCUT2D eigenvalue weighted by molar-refractivity contribution is 5.90. The van der Waals surface area contributed by atoms with Crippen LogP contribution in [-0.2, 0) is 24.1 Å². The van der Waals surface area contributed by atoms with Gasteiger partial charge in [0, 0.05) is 5.69 Å². The topological polar surface area (TPSA) is 77.6 Å². The van der Waals surface area contributed by atoms with Crippen LogP contribution in [0.2, 0.25) is 0 Å². The van der Waals surface area contributed by atoms with Gasteiger partial charge in [-0.2, -0.15) is 18.3 Å². The number of nitrogens with one attached hydrogen (secondary N) is 1. The smallest absolute Gasteiger partial charge is 0.293 e. The molecule has 0 radical (unpaired) electrons. The fraction of sp³-hybridized carbons (Fsp3) is 0.333. The van der Waals surface area contributed by atoms with E-state index < -0.39 is 23.7 Å². The van der Waals surface area contributed by atoms with Gasteiger partial charge >= 0.3 is 6.18 Å². The molecule has 1 atom stereocenters. The van der Waals surface area contributed by atoms with Gasteiger partial charge in [-0.1, -0.05) is 37.3 Å². The highest BCUT2D eigenvalue weighted by Gasteiger charge is 2.34. The van der Waals surface area contributed by atoms with Gasteiger partial charge in [-0.15, -0.1) is 5.10 Å². The van der Waals surface area contributed by atoms with Crippen molar-refractivity contribution in [3.8, 4) is 0 Å². The largest absolute Gasteiger partial charge is 0.435 e. The number of rotatable bonds is 6. The normalized spacial score (nSPS) is 12.8. The van der Waals surface area contributed by atoms with E-state index in [1.54, 1.807) is 11.6 Å². The number of aryl methyl sites for hydroxylation is 1. The van der Waals surface area contributed by atoms with Gasteiger partial charge in [-0.05, 0) is 18.6 Å². The lowest BCUT2D eigenvalue weighted by Crippen LogP contribution is -2.26. The summed E-state index contributed by atoms with van der Waals surface area (Å²) in [4.78, 5) is 16.4. The Morgan fingerprint density at radius 1 is 1.21 bits per heavy atom. The molecule has 2 aromatic heterocycles. The second kappa shape index (κ2) is 7.83. The lowest BCUT2D eigenvalue weighted by Gasteiger charge is -2.12. The molecule has 0 aliphatic heterocycles. The molecule has 0 fully saturated rings. The molecule has 1 amide bonds. The molecular weight excluding hydrogens is 373 g/mol. The second-order valence-electron chi connectivity index (χ2n) is 6.49. The van der Waals surface area contributed by atoms with Crippen molar-refractivity contribution in [2.24, 2.45) is 5.92 Å². The van der Waals surface area contributed by atoms with Gasteiger partial charge in [0.05, 0.1) is 19.0 Å². The lowest BCUT2D eigenvalue weighted by atomic mass is 10.1. The number of amides is 1. The number of carbonyl (C=O) groups is 1. The van der Waals surface area contributed by atoms with Crippen LogP contribution in [0.25, 0.3) is 0 Å². The van der Waals surface area contributed by atoms with E-state index in [-0.39, 0.29) is 12.5 Å². The molecule has 0 aliphatic rings. The lowest BCUT2D eigenvalue weighted by molar-refractivity contribution is -0.141. The first-order valence-electron chi connectivity index (χ1n) is 8.58. The molecule has 2 heterocycles. The molecule has 3 aromatic rings.